The smallest absolute Gasteiger partial charge is 0.266 e. The second kappa shape index (κ2) is 9.42. The summed E-state index contributed by atoms with van der Waals surface area (Å²) in [5.41, 5.74) is 3.37. The molecule has 1 N–H and O–H groups in total. The quantitative estimate of drug-likeness (QED) is 0.367. The summed E-state index contributed by atoms with van der Waals surface area (Å²) in [6.45, 7) is 6.22. The minimum Gasteiger partial charge on any atom is -0.492 e. The first kappa shape index (κ1) is 20.8. The number of hydrogen-bond donors (Lipinski definition) is 1. The molecule has 0 unspecified atom stereocenters. The van der Waals surface area contributed by atoms with Gasteiger partial charge in [0.05, 0.1) is 17.3 Å². The zero-order valence-electron chi connectivity index (χ0n) is 15.7. The summed E-state index contributed by atoms with van der Waals surface area (Å²) in [4.78, 5) is 12.6. The van der Waals surface area contributed by atoms with Crippen LogP contribution in [0.15, 0.2) is 35.9 Å². The van der Waals surface area contributed by atoms with Crippen molar-refractivity contribution < 1.29 is 14.3 Å². The SMILES string of the molecule is CCOc1cc(/C=C(/C#N)C(=O)Nc2cc(C)ccc2C)cc(I)c1OC. The zero-order valence-corrected chi connectivity index (χ0v) is 17.9. The van der Waals surface area contributed by atoms with E-state index in [1.807, 2.05) is 51.1 Å². The lowest BCUT2D eigenvalue weighted by Crippen LogP contribution is -2.14. The molecule has 2 aromatic rings. The van der Waals surface area contributed by atoms with Crippen LogP contribution < -0.4 is 14.8 Å². The summed E-state index contributed by atoms with van der Waals surface area (Å²) in [6.07, 6.45) is 1.55. The highest BCUT2D eigenvalue weighted by Crippen LogP contribution is 2.34. The molecule has 0 aliphatic carbocycles. The maximum atomic E-state index is 12.6. The average molecular weight is 476 g/mol. The first-order valence-electron chi connectivity index (χ1n) is 8.40. The molecule has 0 atom stereocenters. The van der Waals surface area contributed by atoms with E-state index in [9.17, 15) is 10.1 Å². The zero-order chi connectivity index (χ0) is 20.0. The van der Waals surface area contributed by atoms with Crippen LogP contribution in [0.5, 0.6) is 11.5 Å². The van der Waals surface area contributed by atoms with Crippen LogP contribution in [0.25, 0.3) is 6.08 Å². The number of hydrogen-bond acceptors (Lipinski definition) is 4. The number of amides is 1. The van der Waals surface area contributed by atoms with E-state index in [2.05, 4.69) is 27.9 Å². The molecule has 2 rings (SSSR count). The molecule has 140 valence electrons. The van der Waals surface area contributed by atoms with Gasteiger partial charge in [0, 0.05) is 5.69 Å². The van der Waals surface area contributed by atoms with Crippen LogP contribution in [-0.2, 0) is 4.79 Å². The summed E-state index contributed by atoms with van der Waals surface area (Å²) >= 11 is 2.14. The Bertz CT molecular complexity index is 930. The van der Waals surface area contributed by atoms with E-state index in [0.29, 0.717) is 29.4 Å². The Balaban J connectivity index is 2.36. The average Bonchev–Trinajstić information content (AvgIpc) is 2.62. The van der Waals surface area contributed by atoms with Gasteiger partial charge in [-0.25, -0.2) is 0 Å². The van der Waals surface area contributed by atoms with E-state index in [4.69, 9.17) is 9.47 Å². The lowest BCUT2D eigenvalue weighted by Gasteiger charge is -2.12. The van der Waals surface area contributed by atoms with Crippen molar-refractivity contribution in [1.82, 2.24) is 0 Å². The fraction of sp³-hybridized carbons (Fsp3) is 0.238. The Kier molecular flexibility index (Phi) is 7.25. The predicted molar refractivity (Wildman–Crippen MR) is 115 cm³/mol. The summed E-state index contributed by atoms with van der Waals surface area (Å²) in [6, 6.07) is 11.4. The van der Waals surface area contributed by atoms with E-state index in [-0.39, 0.29) is 5.57 Å². The first-order valence-corrected chi connectivity index (χ1v) is 9.48. The molecule has 5 nitrogen and oxygen atoms in total. The number of methoxy groups -OCH3 is 1. The second-order valence-corrected chi connectivity index (χ2v) is 7.07. The third-order valence-electron chi connectivity index (χ3n) is 3.85. The largest absolute Gasteiger partial charge is 0.492 e. The normalized spacial score (nSPS) is 10.9. The van der Waals surface area contributed by atoms with Crippen molar-refractivity contribution >= 4 is 40.3 Å². The molecule has 0 saturated heterocycles. The number of ether oxygens (including phenoxy) is 2. The number of anilines is 1. The number of rotatable bonds is 6. The van der Waals surface area contributed by atoms with Crippen molar-refractivity contribution in [1.29, 1.82) is 5.26 Å². The predicted octanol–water partition coefficient (Wildman–Crippen LogP) is 4.86. The number of nitriles is 1. The number of nitrogens with zero attached hydrogens (tertiary/aromatic N) is 1. The molecule has 27 heavy (non-hydrogen) atoms. The molecule has 0 heterocycles. The fourth-order valence-electron chi connectivity index (χ4n) is 2.51. The van der Waals surface area contributed by atoms with Gasteiger partial charge in [-0.3, -0.25) is 4.79 Å². The van der Waals surface area contributed by atoms with Gasteiger partial charge in [-0.05, 0) is 84.3 Å². The topological polar surface area (TPSA) is 71.3 Å². The first-order chi connectivity index (χ1) is 12.9. The molecule has 0 spiro atoms. The van der Waals surface area contributed by atoms with Crippen molar-refractivity contribution in [2.24, 2.45) is 0 Å². The number of aryl methyl sites for hydroxylation is 2. The summed E-state index contributed by atoms with van der Waals surface area (Å²) < 4.78 is 11.8. The van der Waals surface area contributed by atoms with Crippen LogP contribution >= 0.6 is 22.6 Å². The molecular weight excluding hydrogens is 455 g/mol. The van der Waals surface area contributed by atoms with E-state index in [1.165, 1.54) is 0 Å². The van der Waals surface area contributed by atoms with Crippen molar-refractivity contribution in [3.63, 3.8) is 0 Å². The molecule has 0 bridgehead atoms. The number of nitrogens with one attached hydrogen (secondary N) is 1. The summed E-state index contributed by atoms with van der Waals surface area (Å²) in [7, 11) is 1.58. The highest BCUT2D eigenvalue weighted by atomic mass is 127. The number of carbonyl (C=O) groups excluding carboxylic acids is 1. The molecule has 0 fully saturated rings. The Morgan fingerprint density at radius 2 is 2.04 bits per heavy atom. The van der Waals surface area contributed by atoms with Crippen LogP contribution in [0, 0.1) is 28.7 Å². The second-order valence-electron chi connectivity index (χ2n) is 5.91. The molecule has 0 aliphatic heterocycles. The van der Waals surface area contributed by atoms with Crippen LogP contribution in [-0.4, -0.2) is 19.6 Å². The van der Waals surface area contributed by atoms with Gasteiger partial charge in [0.15, 0.2) is 11.5 Å². The molecule has 0 aliphatic rings. The molecule has 2 aromatic carbocycles. The van der Waals surface area contributed by atoms with Gasteiger partial charge in [0.2, 0.25) is 0 Å². The Labute approximate surface area is 173 Å². The number of carbonyl (C=O) groups is 1. The molecule has 6 heteroatoms. The lowest BCUT2D eigenvalue weighted by molar-refractivity contribution is -0.112. The summed E-state index contributed by atoms with van der Waals surface area (Å²) in [5.74, 6) is 0.758. The molecule has 0 radical (unpaired) electrons. The lowest BCUT2D eigenvalue weighted by atomic mass is 10.1. The van der Waals surface area contributed by atoms with Crippen molar-refractivity contribution in [2.45, 2.75) is 20.8 Å². The third kappa shape index (κ3) is 5.23. The third-order valence-corrected chi connectivity index (χ3v) is 4.65. The van der Waals surface area contributed by atoms with Gasteiger partial charge in [0.1, 0.15) is 11.6 Å². The van der Waals surface area contributed by atoms with E-state index in [0.717, 1.165) is 14.7 Å². The van der Waals surface area contributed by atoms with Crippen LogP contribution in [0.4, 0.5) is 5.69 Å². The Morgan fingerprint density at radius 1 is 1.30 bits per heavy atom. The van der Waals surface area contributed by atoms with Gasteiger partial charge in [-0.1, -0.05) is 12.1 Å². The van der Waals surface area contributed by atoms with Gasteiger partial charge < -0.3 is 14.8 Å². The fourth-order valence-corrected chi connectivity index (χ4v) is 3.35. The van der Waals surface area contributed by atoms with E-state index in [1.54, 1.807) is 19.3 Å². The van der Waals surface area contributed by atoms with Crippen molar-refractivity contribution in [3.8, 4) is 17.6 Å². The van der Waals surface area contributed by atoms with Gasteiger partial charge in [0.25, 0.3) is 5.91 Å². The standard InChI is InChI=1S/C21H21IN2O3/c1-5-27-19-11-15(10-17(22)20(19)26-4)9-16(12-23)21(25)24-18-8-13(2)6-7-14(18)3/h6-11H,5H2,1-4H3,(H,24,25)/b16-9-. The maximum absolute atomic E-state index is 12.6. The monoisotopic (exact) mass is 476 g/mol. The van der Waals surface area contributed by atoms with Crippen molar-refractivity contribution in [3.05, 3.63) is 56.2 Å². The number of benzene rings is 2. The highest BCUT2D eigenvalue weighted by molar-refractivity contribution is 14.1. The minimum absolute atomic E-state index is 0.0133. The van der Waals surface area contributed by atoms with E-state index < -0.39 is 5.91 Å². The Morgan fingerprint density at radius 3 is 2.67 bits per heavy atom. The minimum atomic E-state index is -0.449. The highest BCUT2D eigenvalue weighted by Gasteiger charge is 2.14. The van der Waals surface area contributed by atoms with Crippen LogP contribution in [0.2, 0.25) is 0 Å². The van der Waals surface area contributed by atoms with Crippen LogP contribution in [0.1, 0.15) is 23.6 Å². The molecule has 1 amide bonds. The maximum Gasteiger partial charge on any atom is 0.266 e. The molecule has 0 saturated carbocycles. The summed E-state index contributed by atoms with van der Waals surface area (Å²) in [5, 5.41) is 12.3. The molecular formula is C21H21IN2O3. The van der Waals surface area contributed by atoms with Gasteiger partial charge in [-0.15, -0.1) is 0 Å². The van der Waals surface area contributed by atoms with E-state index >= 15 is 0 Å². The number of halogens is 1. The van der Waals surface area contributed by atoms with Gasteiger partial charge in [-0.2, -0.15) is 5.26 Å². The van der Waals surface area contributed by atoms with Crippen molar-refractivity contribution in [2.75, 3.05) is 19.0 Å². The van der Waals surface area contributed by atoms with Crippen LogP contribution in [0.3, 0.4) is 0 Å². The Hall–Kier alpha value is -2.53. The van der Waals surface area contributed by atoms with Gasteiger partial charge >= 0.3 is 0 Å². The molecule has 0 aromatic heterocycles.